The van der Waals surface area contributed by atoms with Crippen molar-refractivity contribution in [3.05, 3.63) is 0 Å². The lowest BCUT2D eigenvalue weighted by atomic mass is 9.47. The van der Waals surface area contributed by atoms with Crippen LogP contribution in [0.3, 0.4) is 0 Å². The normalized spacial score (nSPS) is 31.2. The zero-order chi connectivity index (χ0) is 18.8. The van der Waals surface area contributed by atoms with Gasteiger partial charge in [-0.1, -0.05) is 55.4 Å². The molecule has 0 saturated heterocycles. The Hall–Kier alpha value is 0.500. The van der Waals surface area contributed by atoms with Crippen LogP contribution in [-0.2, 0) is 0 Å². The first-order valence-electron chi connectivity index (χ1n) is 9.66. The van der Waals surface area contributed by atoms with Crippen LogP contribution in [-0.4, -0.2) is 29.5 Å². The van der Waals surface area contributed by atoms with Crippen LogP contribution < -0.4 is 10.6 Å². The Kier molecular flexibility index (Phi) is 7.54. The van der Waals surface area contributed by atoms with Crippen molar-refractivity contribution >= 4 is 23.2 Å². The molecule has 2 N–H and O–H groups in total. The Bertz CT molecular complexity index is 383. The molecule has 0 radical (unpaired) electrons. The molecular formula is C20H40Cl2N2. The molecule has 1 rings (SSSR count). The molecule has 1 aliphatic carbocycles. The first-order valence-corrected chi connectivity index (χ1v) is 10.5. The topological polar surface area (TPSA) is 24.1 Å². The minimum absolute atomic E-state index is 0.0965. The van der Waals surface area contributed by atoms with E-state index in [-0.39, 0.29) is 27.7 Å². The van der Waals surface area contributed by atoms with Gasteiger partial charge in [0.05, 0.1) is 5.38 Å². The molecular weight excluding hydrogens is 339 g/mol. The summed E-state index contributed by atoms with van der Waals surface area (Å²) < 4.78 is 0. The summed E-state index contributed by atoms with van der Waals surface area (Å²) in [7, 11) is 0. The minimum Gasteiger partial charge on any atom is -0.312 e. The van der Waals surface area contributed by atoms with Gasteiger partial charge in [0.1, 0.15) is 5.00 Å². The lowest BCUT2D eigenvalue weighted by Crippen LogP contribution is -2.67. The van der Waals surface area contributed by atoms with Crippen molar-refractivity contribution in [1.82, 2.24) is 10.6 Å². The zero-order valence-electron chi connectivity index (χ0n) is 17.2. The van der Waals surface area contributed by atoms with E-state index in [9.17, 15) is 0 Å². The van der Waals surface area contributed by atoms with Crippen molar-refractivity contribution in [1.29, 1.82) is 0 Å². The second-order valence-electron chi connectivity index (χ2n) is 9.71. The van der Waals surface area contributed by atoms with Crippen molar-refractivity contribution in [3.8, 4) is 0 Å². The van der Waals surface area contributed by atoms with Gasteiger partial charge in [0.15, 0.2) is 0 Å². The first-order chi connectivity index (χ1) is 10.8. The Labute approximate surface area is 160 Å². The minimum atomic E-state index is -0.568. The molecule has 0 aliphatic heterocycles. The van der Waals surface area contributed by atoms with Crippen LogP contribution in [0.4, 0.5) is 0 Å². The molecule has 144 valence electrons. The van der Waals surface area contributed by atoms with Crippen molar-refractivity contribution in [2.45, 2.75) is 97.5 Å². The van der Waals surface area contributed by atoms with Gasteiger partial charge >= 0.3 is 0 Å². The summed E-state index contributed by atoms with van der Waals surface area (Å²) >= 11 is 14.1. The molecule has 0 bridgehead atoms. The number of halogens is 2. The fourth-order valence-electron chi connectivity index (χ4n) is 4.67. The molecule has 0 aromatic heterocycles. The highest BCUT2D eigenvalue weighted by molar-refractivity contribution is 6.32. The van der Waals surface area contributed by atoms with E-state index in [1.807, 2.05) is 0 Å². The second kappa shape index (κ2) is 8.03. The van der Waals surface area contributed by atoms with Gasteiger partial charge in [0.25, 0.3) is 0 Å². The Balaban J connectivity index is 3.34. The van der Waals surface area contributed by atoms with Crippen LogP contribution in [0.5, 0.6) is 0 Å². The highest BCUT2D eigenvalue weighted by atomic mass is 35.5. The van der Waals surface area contributed by atoms with E-state index in [1.165, 1.54) is 0 Å². The maximum atomic E-state index is 7.19. The molecule has 1 fully saturated rings. The highest BCUT2D eigenvalue weighted by Gasteiger charge is 2.61. The van der Waals surface area contributed by atoms with Crippen LogP contribution in [0, 0.1) is 16.2 Å². The molecule has 24 heavy (non-hydrogen) atoms. The molecule has 0 aromatic rings. The number of nitrogens with one attached hydrogen (secondary N) is 2. The molecule has 1 aliphatic rings. The average Bonchev–Trinajstić information content (AvgIpc) is 2.44. The van der Waals surface area contributed by atoms with E-state index in [0.29, 0.717) is 0 Å². The third kappa shape index (κ3) is 4.42. The molecule has 3 unspecified atom stereocenters. The summed E-state index contributed by atoms with van der Waals surface area (Å²) in [4.78, 5) is -0.568. The van der Waals surface area contributed by atoms with E-state index < -0.39 is 5.00 Å². The van der Waals surface area contributed by atoms with E-state index in [0.717, 1.165) is 38.8 Å². The Morgan fingerprint density at radius 1 is 0.958 bits per heavy atom. The summed E-state index contributed by atoms with van der Waals surface area (Å²) in [6.07, 6.45) is 4.13. The predicted octanol–water partition coefficient (Wildman–Crippen LogP) is 5.77. The van der Waals surface area contributed by atoms with Crippen LogP contribution in [0.15, 0.2) is 0 Å². The summed E-state index contributed by atoms with van der Waals surface area (Å²) in [5.41, 5.74) is 0.379. The lowest BCUT2D eigenvalue weighted by molar-refractivity contribution is -0.0871. The molecule has 3 atom stereocenters. The molecule has 2 nitrogen and oxygen atoms in total. The summed E-state index contributed by atoms with van der Waals surface area (Å²) in [6.45, 7) is 20.4. The van der Waals surface area contributed by atoms with Gasteiger partial charge in [0, 0.05) is 6.04 Å². The summed E-state index contributed by atoms with van der Waals surface area (Å²) in [6, 6.07) is 0.223. The Morgan fingerprint density at radius 2 is 1.46 bits per heavy atom. The van der Waals surface area contributed by atoms with Crippen LogP contribution in [0.1, 0.15) is 81.1 Å². The molecule has 0 amide bonds. The van der Waals surface area contributed by atoms with Crippen molar-refractivity contribution in [2.24, 2.45) is 16.2 Å². The van der Waals surface area contributed by atoms with Crippen LogP contribution in [0.2, 0.25) is 0 Å². The molecule has 4 heteroatoms. The van der Waals surface area contributed by atoms with Crippen LogP contribution in [0.25, 0.3) is 0 Å². The lowest BCUT2D eigenvalue weighted by Gasteiger charge is -2.62. The monoisotopic (exact) mass is 378 g/mol. The van der Waals surface area contributed by atoms with Gasteiger partial charge in [-0.15, -0.1) is 23.2 Å². The average molecular weight is 379 g/mol. The maximum absolute atomic E-state index is 7.19. The molecule has 0 heterocycles. The quantitative estimate of drug-likeness (QED) is 0.452. The predicted molar refractivity (Wildman–Crippen MR) is 109 cm³/mol. The number of alkyl halides is 2. The summed E-state index contributed by atoms with van der Waals surface area (Å²) in [5.74, 6) is 0. The number of rotatable bonds is 6. The van der Waals surface area contributed by atoms with E-state index in [1.54, 1.807) is 0 Å². The fourth-order valence-corrected chi connectivity index (χ4v) is 5.48. The van der Waals surface area contributed by atoms with Gasteiger partial charge < -0.3 is 5.32 Å². The summed E-state index contributed by atoms with van der Waals surface area (Å²) in [5, 5.41) is 7.18. The fraction of sp³-hybridized carbons (Fsp3) is 1.00. The molecule has 0 aromatic carbocycles. The van der Waals surface area contributed by atoms with E-state index in [4.69, 9.17) is 23.2 Å². The SMILES string of the molecule is CCCNC1CC(C(C)(C)C)(C(C)(C)C)CC(Cl)(NCCC)C1Cl. The molecule has 0 spiro atoms. The third-order valence-electron chi connectivity index (χ3n) is 6.11. The van der Waals surface area contributed by atoms with Crippen LogP contribution >= 0.6 is 23.2 Å². The third-order valence-corrected chi connectivity index (χ3v) is 7.41. The first kappa shape index (κ1) is 22.5. The largest absolute Gasteiger partial charge is 0.312 e. The smallest absolute Gasteiger partial charge is 0.112 e. The van der Waals surface area contributed by atoms with Gasteiger partial charge in [-0.05, 0) is 55.0 Å². The van der Waals surface area contributed by atoms with Crippen molar-refractivity contribution in [3.63, 3.8) is 0 Å². The van der Waals surface area contributed by atoms with E-state index in [2.05, 4.69) is 66.0 Å². The van der Waals surface area contributed by atoms with Gasteiger partial charge in [-0.3, -0.25) is 5.32 Å². The van der Waals surface area contributed by atoms with Crippen molar-refractivity contribution in [2.75, 3.05) is 13.1 Å². The molecule has 1 saturated carbocycles. The van der Waals surface area contributed by atoms with Gasteiger partial charge in [0.2, 0.25) is 0 Å². The number of hydrogen-bond acceptors (Lipinski definition) is 2. The maximum Gasteiger partial charge on any atom is 0.112 e. The van der Waals surface area contributed by atoms with E-state index >= 15 is 0 Å². The Morgan fingerprint density at radius 3 is 1.88 bits per heavy atom. The highest BCUT2D eigenvalue weighted by Crippen LogP contribution is 2.62. The van der Waals surface area contributed by atoms with Crippen molar-refractivity contribution < 1.29 is 0 Å². The number of hydrogen-bond donors (Lipinski definition) is 2. The van der Waals surface area contributed by atoms with Gasteiger partial charge in [-0.2, -0.15) is 0 Å². The standard InChI is InChI=1S/C20H40Cl2N2/c1-9-11-23-15-13-19(17(3,4)5,18(6,7)8)14-20(22,16(15)21)24-12-10-2/h15-16,23-24H,9-14H2,1-8H3. The zero-order valence-corrected chi connectivity index (χ0v) is 18.7. The van der Waals surface area contributed by atoms with Gasteiger partial charge in [-0.25, -0.2) is 0 Å². The second-order valence-corrected chi connectivity index (χ2v) is 10.9.